The summed E-state index contributed by atoms with van der Waals surface area (Å²) in [7, 11) is 0. The van der Waals surface area contributed by atoms with Crippen molar-refractivity contribution in [3.63, 3.8) is 0 Å². The second kappa shape index (κ2) is 8.63. The summed E-state index contributed by atoms with van der Waals surface area (Å²) in [5.74, 6) is -1.17. The summed E-state index contributed by atoms with van der Waals surface area (Å²) in [6, 6.07) is 11.3. The number of furan rings is 1. The third-order valence-corrected chi connectivity index (χ3v) is 4.46. The smallest absolute Gasteiger partial charge is 0.313 e. The quantitative estimate of drug-likeness (QED) is 0.626. The first-order chi connectivity index (χ1) is 13.9. The summed E-state index contributed by atoms with van der Waals surface area (Å²) in [5.41, 5.74) is 2.08. The second-order valence-electron chi connectivity index (χ2n) is 6.37. The number of carbonyl (C=O) groups is 2. The van der Waals surface area contributed by atoms with Gasteiger partial charge in [-0.2, -0.15) is 10.4 Å². The molecule has 2 heterocycles. The number of halogens is 1. The number of anilines is 1. The molecule has 0 bridgehead atoms. The van der Waals surface area contributed by atoms with Gasteiger partial charge in [-0.15, -0.1) is 0 Å². The number of benzene rings is 1. The van der Waals surface area contributed by atoms with E-state index in [1.54, 1.807) is 16.8 Å². The molecule has 29 heavy (non-hydrogen) atoms. The van der Waals surface area contributed by atoms with Crippen LogP contribution in [0.1, 0.15) is 28.8 Å². The predicted molar refractivity (Wildman–Crippen MR) is 106 cm³/mol. The first kappa shape index (κ1) is 20.2. The molecular weight excluding hydrogens is 394 g/mol. The van der Waals surface area contributed by atoms with E-state index >= 15 is 0 Å². The lowest BCUT2D eigenvalue weighted by Gasteiger charge is -2.18. The standard InChI is InChI=1S/C20H18ClN5O3/c1-12-8-13(2)26(25-12)17(18-4-3-7-29-18)11-23-19(27)20(28)24-16-9-15(21)6-5-14(16)10-22/h3-9,17H,11H2,1-2H3,(H,23,27)(H,24,28)/t17-/m1/s1. The zero-order valence-electron chi connectivity index (χ0n) is 15.8. The van der Waals surface area contributed by atoms with E-state index in [0.717, 1.165) is 11.4 Å². The number of carbonyl (C=O) groups excluding carboxylic acids is 2. The lowest BCUT2D eigenvalue weighted by molar-refractivity contribution is -0.136. The van der Waals surface area contributed by atoms with Crippen LogP contribution in [-0.4, -0.2) is 28.1 Å². The SMILES string of the molecule is Cc1cc(C)n([C@H](CNC(=O)C(=O)Nc2cc(Cl)ccc2C#N)c2ccco2)n1. The van der Waals surface area contributed by atoms with Crippen LogP contribution >= 0.6 is 11.6 Å². The van der Waals surface area contributed by atoms with Gasteiger partial charge >= 0.3 is 11.8 Å². The van der Waals surface area contributed by atoms with Crippen LogP contribution in [0.3, 0.4) is 0 Å². The molecule has 3 aromatic rings. The van der Waals surface area contributed by atoms with E-state index in [0.29, 0.717) is 10.8 Å². The minimum Gasteiger partial charge on any atom is -0.467 e. The number of nitrogens with zero attached hydrogens (tertiary/aromatic N) is 3. The Morgan fingerprint density at radius 1 is 1.28 bits per heavy atom. The fourth-order valence-corrected chi connectivity index (χ4v) is 3.09. The largest absolute Gasteiger partial charge is 0.467 e. The van der Waals surface area contributed by atoms with Crippen molar-refractivity contribution >= 4 is 29.1 Å². The van der Waals surface area contributed by atoms with Gasteiger partial charge in [0.1, 0.15) is 17.9 Å². The highest BCUT2D eigenvalue weighted by Crippen LogP contribution is 2.21. The molecule has 3 rings (SSSR count). The van der Waals surface area contributed by atoms with Crippen LogP contribution in [0.5, 0.6) is 0 Å². The zero-order valence-corrected chi connectivity index (χ0v) is 16.5. The van der Waals surface area contributed by atoms with Gasteiger partial charge in [-0.3, -0.25) is 14.3 Å². The minimum absolute atomic E-state index is 0.0857. The molecule has 1 aromatic carbocycles. The van der Waals surface area contributed by atoms with Crippen molar-refractivity contribution in [2.45, 2.75) is 19.9 Å². The van der Waals surface area contributed by atoms with Crippen molar-refractivity contribution in [1.82, 2.24) is 15.1 Å². The fourth-order valence-electron chi connectivity index (χ4n) is 2.92. The first-order valence-corrected chi connectivity index (χ1v) is 9.12. The summed E-state index contributed by atoms with van der Waals surface area (Å²) in [6.07, 6.45) is 1.53. The van der Waals surface area contributed by atoms with Gasteiger partial charge in [0.2, 0.25) is 0 Å². The Morgan fingerprint density at radius 3 is 2.69 bits per heavy atom. The van der Waals surface area contributed by atoms with Crippen LogP contribution in [0.25, 0.3) is 0 Å². The molecule has 0 aliphatic carbocycles. The van der Waals surface area contributed by atoms with Crippen molar-refractivity contribution in [3.05, 3.63) is 70.4 Å². The number of aromatic nitrogens is 2. The lowest BCUT2D eigenvalue weighted by Crippen LogP contribution is -2.39. The van der Waals surface area contributed by atoms with E-state index in [2.05, 4.69) is 15.7 Å². The maximum Gasteiger partial charge on any atom is 0.313 e. The molecule has 2 N–H and O–H groups in total. The normalized spacial score (nSPS) is 11.5. The second-order valence-corrected chi connectivity index (χ2v) is 6.81. The van der Waals surface area contributed by atoms with E-state index in [4.69, 9.17) is 21.3 Å². The Morgan fingerprint density at radius 2 is 2.07 bits per heavy atom. The van der Waals surface area contributed by atoms with Gasteiger partial charge in [0, 0.05) is 17.3 Å². The zero-order chi connectivity index (χ0) is 21.0. The maximum atomic E-state index is 12.3. The van der Waals surface area contributed by atoms with Crippen LogP contribution in [0.2, 0.25) is 5.02 Å². The van der Waals surface area contributed by atoms with Crippen molar-refractivity contribution in [2.24, 2.45) is 0 Å². The molecule has 9 heteroatoms. The highest BCUT2D eigenvalue weighted by Gasteiger charge is 2.23. The molecule has 1 atom stereocenters. The predicted octanol–water partition coefficient (Wildman–Crippen LogP) is 2.96. The summed E-state index contributed by atoms with van der Waals surface area (Å²) in [5, 5.41) is 18.9. The average molecular weight is 412 g/mol. The molecule has 0 spiro atoms. The summed E-state index contributed by atoms with van der Waals surface area (Å²) in [4.78, 5) is 24.6. The maximum absolute atomic E-state index is 12.3. The van der Waals surface area contributed by atoms with Crippen molar-refractivity contribution in [3.8, 4) is 6.07 Å². The molecule has 2 amide bonds. The van der Waals surface area contributed by atoms with Crippen LogP contribution in [0, 0.1) is 25.2 Å². The van der Waals surface area contributed by atoms with Crippen LogP contribution in [0.4, 0.5) is 5.69 Å². The molecule has 8 nitrogen and oxygen atoms in total. The van der Waals surface area contributed by atoms with Crippen LogP contribution < -0.4 is 10.6 Å². The Balaban J connectivity index is 1.72. The number of aryl methyl sites for hydroxylation is 2. The molecule has 0 aliphatic rings. The third-order valence-electron chi connectivity index (χ3n) is 4.22. The van der Waals surface area contributed by atoms with Gasteiger partial charge in [-0.25, -0.2) is 0 Å². The van der Waals surface area contributed by atoms with Gasteiger partial charge in [0.05, 0.1) is 23.2 Å². The lowest BCUT2D eigenvalue weighted by atomic mass is 10.2. The molecule has 2 aromatic heterocycles. The minimum atomic E-state index is -0.907. The monoisotopic (exact) mass is 411 g/mol. The summed E-state index contributed by atoms with van der Waals surface area (Å²) < 4.78 is 7.22. The number of hydrogen-bond acceptors (Lipinski definition) is 5. The van der Waals surface area contributed by atoms with Gasteiger partial charge in [0.25, 0.3) is 0 Å². The van der Waals surface area contributed by atoms with E-state index < -0.39 is 17.9 Å². The Hall–Kier alpha value is -3.57. The average Bonchev–Trinajstić information content (AvgIpc) is 3.32. The van der Waals surface area contributed by atoms with E-state index in [9.17, 15) is 9.59 Å². The van der Waals surface area contributed by atoms with Crippen molar-refractivity contribution in [2.75, 3.05) is 11.9 Å². The molecule has 0 aliphatic heterocycles. The topological polar surface area (TPSA) is 113 Å². The molecule has 0 saturated heterocycles. The third kappa shape index (κ3) is 4.65. The number of nitriles is 1. The highest BCUT2D eigenvalue weighted by atomic mass is 35.5. The van der Waals surface area contributed by atoms with Gasteiger partial charge < -0.3 is 15.1 Å². The van der Waals surface area contributed by atoms with Crippen LogP contribution in [-0.2, 0) is 9.59 Å². The van der Waals surface area contributed by atoms with E-state index in [1.807, 2.05) is 26.0 Å². The summed E-state index contributed by atoms with van der Waals surface area (Å²) in [6.45, 7) is 3.85. The number of rotatable bonds is 5. The van der Waals surface area contributed by atoms with Crippen molar-refractivity contribution in [1.29, 1.82) is 5.26 Å². The van der Waals surface area contributed by atoms with E-state index in [1.165, 1.54) is 24.5 Å². The number of amides is 2. The fraction of sp³-hybridized carbons (Fsp3) is 0.200. The highest BCUT2D eigenvalue weighted by molar-refractivity contribution is 6.40. The molecule has 0 unspecified atom stereocenters. The molecule has 0 saturated carbocycles. The Kier molecular flexibility index (Phi) is 6.00. The number of hydrogen-bond donors (Lipinski definition) is 2. The summed E-state index contributed by atoms with van der Waals surface area (Å²) >= 11 is 5.90. The first-order valence-electron chi connectivity index (χ1n) is 8.74. The van der Waals surface area contributed by atoms with E-state index in [-0.39, 0.29) is 17.8 Å². The Labute approximate surface area is 172 Å². The van der Waals surface area contributed by atoms with Crippen molar-refractivity contribution < 1.29 is 14.0 Å². The number of nitrogens with one attached hydrogen (secondary N) is 2. The molecule has 148 valence electrons. The molecule has 0 radical (unpaired) electrons. The van der Waals surface area contributed by atoms with Gasteiger partial charge in [0.15, 0.2) is 0 Å². The molecular formula is C20H18ClN5O3. The van der Waals surface area contributed by atoms with Gasteiger partial charge in [-0.1, -0.05) is 11.6 Å². The molecule has 0 fully saturated rings. The Bertz CT molecular complexity index is 1080. The van der Waals surface area contributed by atoms with Gasteiger partial charge in [-0.05, 0) is 50.2 Å². The van der Waals surface area contributed by atoms with Crippen LogP contribution in [0.15, 0.2) is 47.1 Å².